The Morgan fingerprint density at radius 3 is 2.56 bits per heavy atom. The average molecular weight is 497 g/mol. The fourth-order valence-corrected chi connectivity index (χ4v) is 5.64. The summed E-state index contributed by atoms with van der Waals surface area (Å²) in [6.07, 6.45) is 5.45. The Morgan fingerprint density at radius 2 is 1.83 bits per heavy atom. The predicted molar refractivity (Wildman–Crippen MR) is 136 cm³/mol. The topological polar surface area (TPSA) is 57.5 Å². The molecule has 192 valence electrons. The van der Waals surface area contributed by atoms with Crippen molar-refractivity contribution in [2.75, 3.05) is 50.7 Å². The Bertz CT molecular complexity index is 1190. The number of anilines is 1. The zero-order valence-electron chi connectivity index (χ0n) is 21.0. The lowest BCUT2D eigenvalue weighted by atomic mass is 9.94. The summed E-state index contributed by atoms with van der Waals surface area (Å²) in [6, 6.07) is 7.74. The van der Waals surface area contributed by atoms with Crippen molar-refractivity contribution >= 4 is 22.8 Å². The third kappa shape index (κ3) is 5.07. The number of amides is 1. The maximum atomic E-state index is 14.0. The second-order valence-electron chi connectivity index (χ2n) is 10.4. The number of hydrogen-bond donors (Lipinski definition) is 0. The van der Waals surface area contributed by atoms with Crippen molar-refractivity contribution in [1.29, 1.82) is 0 Å². The highest BCUT2D eigenvalue weighted by Crippen LogP contribution is 2.29. The summed E-state index contributed by atoms with van der Waals surface area (Å²) in [7, 11) is 0. The number of imidazole rings is 1. The molecule has 2 aliphatic rings. The molecule has 36 heavy (non-hydrogen) atoms. The van der Waals surface area contributed by atoms with Gasteiger partial charge in [-0.25, -0.2) is 18.7 Å². The van der Waals surface area contributed by atoms with Gasteiger partial charge in [0, 0.05) is 64.1 Å². The Balaban J connectivity index is 1.23. The van der Waals surface area contributed by atoms with Gasteiger partial charge in [0.15, 0.2) is 11.6 Å². The van der Waals surface area contributed by atoms with Gasteiger partial charge in [0.2, 0.25) is 5.91 Å². The molecule has 0 spiro atoms. The molecule has 7 nitrogen and oxygen atoms in total. The second-order valence-corrected chi connectivity index (χ2v) is 10.4. The van der Waals surface area contributed by atoms with Crippen LogP contribution < -0.4 is 4.90 Å². The van der Waals surface area contributed by atoms with E-state index in [2.05, 4.69) is 25.8 Å². The van der Waals surface area contributed by atoms with Gasteiger partial charge in [0.1, 0.15) is 11.9 Å². The minimum absolute atomic E-state index is 0.0249. The van der Waals surface area contributed by atoms with Crippen LogP contribution in [0.1, 0.15) is 32.7 Å². The molecule has 0 saturated carbocycles. The number of rotatable bonds is 6. The second kappa shape index (κ2) is 10.5. The lowest BCUT2D eigenvalue weighted by molar-refractivity contribution is -0.138. The summed E-state index contributed by atoms with van der Waals surface area (Å²) in [6.45, 7) is 10.3. The minimum Gasteiger partial charge on any atom is -0.354 e. The van der Waals surface area contributed by atoms with E-state index in [1.807, 2.05) is 37.1 Å². The quantitative estimate of drug-likeness (QED) is 0.517. The minimum atomic E-state index is -0.931. The van der Waals surface area contributed by atoms with Crippen molar-refractivity contribution in [2.24, 2.45) is 11.8 Å². The Morgan fingerprint density at radius 1 is 1.06 bits per heavy atom. The lowest BCUT2D eigenvalue weighted by Crippen LogP contribution is -2.51. The van der Waals surface area contributed by atoms with Crippen LogP contribution in [-0.4, -0.2) is 76.1 Å². The highest BCUT2D eigenvalue weighted by atomic mass is 19.2. The van der Waals surface area contributed by atoms with Crippen molar-refractivity contribution in [3.8, 4) is 0 Å². The van der Waals surface area contributed by atoms with E-state index in [9.17, 15) is 13.6 Å². The van der Waals surface area contributed by atoms with Gasteiger partial charge in [-0.2, -0.15) is 0 Å². The summed E-state index contributed by atoms with van der Waals surface area (Å²) in [4.78, 5) is 29.3. The molecule has 0 N–H and O–H groups in total. The SMILES string of the molecule is CC(C)C(C(=O)N1CCCC(CN2CCN(c3ccccn3)CC2)C1)n1cnc2cc(F)c(F)cc21. The number of nitrogens with zero attached hydrogens (tertiary/aromatic N) is 6. The van der Waals surface area contributed by atoms with Crippen LogP contribution in [0.3, 0.4) is 0 Å². The van der Waals surface area contributed by atoms with E-state index in [0.29, 0.717) is 17.0 Å². The Labute approximate surface area is 210 Å². The molecule has 2 unspecified atom stereocenters. The largest absolute Gasteiger partial charge is 0.354 e. The summed E-state index contributed by atoms with van der Waals surface area (Å²) in [5, 5.41) is 0. The van der Waals surface area contributed by atoms with Gasteiger partial charge in [-0.1, -0.05) is 19.9 Å². The van der Waals surface area contributed by atoms with Gasteiger partial charge in [-0.15, -0.1) is 0 Å². The van der Waals surface area contributed by atoms with Gasteiger partial charge in [0.25, 0.3) is 0 Å². The van der Waals surface area contributed by atoms with Crippen LogP contribution in [0.2, 0.25) is 0 Å². The summed E-state index contributed by atoms with van der Waals surface area (Å²) < 4.78 is 29.4. The third-order valence-electron chi connectivity index (χ3n) is 7.49. The molecule has 9 heteroatoms. The van der Waals surface area contributed by atoms with Crippen LogP contribution in [0.4, 0.5) is 14.6 Å². The first-order chi connectivity index (χ1) is 17.4. The van der Waals surface area contributed by atoms with Gasteiger partial charge < -0.3 is 14.4 Å². The smallest absolute Gasteiger partial charge is 0.245 e. The number of hydrogen-bond acceptors (Lipinski definition) is 5. The van der Waals surface area contributed by atoms with Crippen LogP contribution in [-0.2, 0) is 4.79 Å². The number of pyridine rings is 1. The first-order valence-corrected chi connectivity index (χ1v) is 12.9. The zero-order chi connectivity index (χ0) is 25.2. The normalized spacial score (nSPS) is 20.3. The lowest BCUT2D eigenvalue weighted by Gasteiger charge is -2.40. The highest BCUT2D eigenvalue weighted by molar-refractivity contribution is 5.84. The van der Waals surface area contributed by atoms with Crippen molar-refractivity contribution in [3.63, 3.8) is 0 Å². The fourth-order valence-electron chi connectivity index (χ4n) is 5.64. The molecular weight excluding hydrogens is 462 g/mol. The number of halogens is 2. The number of carbonyl (C=O) groups excluding carboxylic acids is 1. The molecule has 5 rings (SSSR count). The van der Waals surface area contributed by atoms with E-state index in [4.69, 9.17) is 0 Å². The molecule has 2 atom stereocenters. The van der Waals surface area contributed by atoms with Crippen LogP contribution in [0, 0.1) is 23.5 Å². The maximum Gasteiger partial charge on any atom is 0.245 e. The van der Waals surface area contributed by atoms with Crippen LogP contribution >= 0.6 is 0 Å². The maximum absolute atomic E-state index is 14.0. The number of fused-ring (bicyclic) bond motifs is 1. The fraction of sp³-hybridized carbons (Fsp3) is 0.519. The number of carbonyl (C=O) groups is 1. The molecule has 4 heterocycles. The first-order valence-electron chi connectivity index (χ1n) is 12.9. The van der Waals surface area contributed by atoms with Gasteiger partial charge in [-0.05, 0) is 36.8 Å². The number of benzene rings is 1. The summed E-state index contributed by atoms with van der Waals surface area (Å²) in [5.41, 5.74) is 0.800. The summed E-state index contributed by atoms with van der Waals surface area (Å²) in [5.74, 6) is -0.411. The molecule has 2 fully saturated rings. The van der Waals surface area contributed by atoms with Crippen LogP contribution in [0.5, 0.6) is 0 Å². The van der Waals surface area contributed by atoms with Crippen LogP contribution in [0.15, 0.2) is 42.9 Å². The van der Waals surface area contributed by atoms with Gasteiger partial charge in [-0.3, -0.25) is 9.69 Å². The summed E-state index contributed by atoms with van der Waals surface area (Å²) >= 11 is 0. The molecule has 0 radical (unpaired) electrons. The first kappa shape index (κ1) is 24.6. The molecule has 2 aromatic heterocycles. The van der Waals surface area contributed by atoms with E-state index in [0.717, 1.165) is 76.6 Å². The molecule has 0 aliphatic carbocycles. The van der Waals surface area contributed by atoms with Gasteiger partial charge in [0.05, 0.1) is 17.4 Å². The van der Waals surface area contributed by atoms with E-state index in [1.54, 1.807) is 4.57 Å². The van der Waals surface area contributed by atoms with E-state index >= 15 is 0 Å². The Hall–Kier alpha value is -3.07. The number of likely N-dealkylation sites (tertiary alicyclic amines) is 1. The molecule has 1 amide bonds. The number of aromatic nitrogens is 3. The molecule has 0 bridgehead atoms. The van der Waals surface area contributed by atoms with E-state index < -0.39 is 17.7 Å². The van der Waals surface area contributed by atoms with Crippen molar-refractivity contribution in [2.45, 2.75) is 32.7 Å². The standard InChI is InChI=1S/C27H34F2N6O/c1-19(2)26(35-18-31-23-14-21(28)22(29)15-24(23)35)27(36)34-9-5-6-20(17-34)16-32-10-12-33(13-11-32)25-7-3-4-8-30-25/h3-4,7-8,14-15,18-20,26H,5-6,9-13,16-17H2,1-2H3. The molecule has 1 aromatic carbocycles. The Kier molecular flexibility index (Phi) is 7.18. The van der Waals surface area contributed by atoms with Gasteiger partial charge >= 0.3 is 0 Å². The monoisotopic (exact) mass is 496 g/mol. The number of piperazine rings is 1. The highest BCUT2D eigenvalue weighted by Gasteiger charge is 2.33. The number of piperidine rings is 1. The van der Waals surface area contributed by atoms with Crippen molar-refractivity contribution in [3.05, 3.63) is 54.5 Å². The van der Waals surface area contributed by atoms with E-state index in [1.165, 1.54) is 6.33 Å². The van der Waals surface area contributed by atoms with Crippen molar-refractivity contribution < 1.29 is 13.6 Å². The van der Waals surface area contributed by atoms with Crippen molar-refractivity contribution in [1.82, 2.24) is 24.3 Å². The zero-order valence-corrected chi connectivity index (χ0v) is 21.0. The third-order valence-corrected chi connectivity index (χ3v) is 7.49. The molecule has 2 saturated heterocycles. The van der Waals surface area contributed by atoms with Crippen LogP contribution in [0.25, 0.3) is 11.0 Å². The van der Waals surface area contributed by atoms with E-state index in [-0.39, 0.29) is 11.8 Å². The average Bonchev–Trinajstić information content (AvgIpc) is 3.27. The molecule has 2 aliphatic heterocycles. The molecular formula is C27H34F2N6O. The predicted octanol–water partition coefficient (Wildman–Crippen LogP) is 3.97. The molecule has 3 aromatic rings.